The van der Waals surface area contributed by atoms with Crippen LogP contribution in [-0.4, -0.2) is 42.4 Å². The summed E-state index contributed by atoms with van der Waals surface area (Å²) in [6.45, 7) is 3.05. The molecule has 0 spiro atoms. The first-order valence-electron chi connectivity index (χ1n) is 7.22. The van der Waals surface area contributed by atoms with Gasteiger partial charge in [-0.3, -0.25) is 14.5 Å². The van der Waals surface area contributed by atoms with E-state index in [1.54, 1.807) is 24.3 Å². The number of carbonyl (C=O) groups is 2. The Hall–Kier alpha value is -1.68. The first-order valence-corrected chi connectivity index (χ1v) is 7.22. The van der Waals surface area contributed by atoms with Crippen molar-refractivity contribution in [1.29, 1.82) is 0 Å². The topological polar surface area (TPSA) is 46.6 Å². The predicted molar refractivity (Wildman–Crippen MR) is 74.4 cm³/mol. The Balaban J connectivity index is 1.54. The second kappa shape index (κ2) is 5.75. The molecule has 1 aromatic rings. The average Bonchev–Trinajstić information content (AvgIpc) is 2.49. The van der Waals surface area contributed by atoms with Gasteiger partial charge in [0.05, 0.1) is 0 Å². The van der Waals surface area contributed by atoms with Gasteiger partial charge in [0.1, 0.15) is 12.5 Å². The van der Waals surface area contributed by atoms with Crippen LogP contribution in [0.4, 0.5) is 0 Å². The van der Waals surface area contributed by atoms with Gasteiger partial charge in [-0.25, -0.2) is 0 Å². The number of benzene rings is 1. The fraction of sp³-hybridized carbons (Fsp3) is 0.500. The Morgan fingerprint density at radius 2 is 1.85 bits per heavy atom. The number of Topliss-reactive ketones (excluding diaryl/α,β-unsaturated/α-hetero) is 1. The minimum Gasteiger partial charge on any atom is -0.460 e. The highest BCUT2D eigenvalue weighted by molar-refractivity contribution is 6.05. The van der Waals surface area contributed by atoms with Crippen LogP contribution < -0.4 is 0 Å². The van der Waals surface area contributed by atoms with E-state index in [4.69, 9.17) is 4.74 Å². The first-order chi connectivity index (χ1) is 9.72. The van der Waals surface area contributed by atoms with Crippen LogP contribution in [0.25, 0.3) is 0 Å². The van der Waals surface area contributed by atoms with E-state index >= 15 is 0 Å². The Morgan fingerprint density at radius 3 is 2.45 bits per heavy atom. The van der Waals surface area contributed by atoms with E-state index in [0.29, 0.717) is 11.5 Å². The van der Waals surface area contributed by atoms with Crippen molar-refractivity contribution >= 4 is 11.8 Å². The molecule has 4 heteroatoms. The van der Waals surface area contributed by atoms with Crippen LogP contribution >= 0.6 is 0 Å². The van der Waals surface area contributed by atoms with E-state index in [9.17, 15) is 9.59 Å². The zero-order valence-electron chi connectivity index (χ0n) is 11.5. The van der Waals surface area contributed by atoms with E-state index in [2.05, 4.69) is 4.90 Å². The van der Waals surface area contributed by atoms with Gasteiger partial charge in [0.2, 0.25) is 0 Å². The number of carbonyl (C=O) groups excluding carboxylic acids is 2. The van der Waals surface area contributed by atoms with Crippen molar-refractivity contribution < 1.29 is 14.3 Å². The smallest absolute Gasteiger partial charge is 0.314 e. The quantitative estimate of drug-likeness (QED) is 0.477. The van der Waals surface area contributed by atoms with E-state index in [0.717, 1.165) is 32.5 Å². The Morgan fingerprint density at radius 1 is 1.15 bits per heavy atom. The van der Waals surface area contributed by atoms with Crippen LogP contribution in [0, 0.1) is 5.92 Å². The zero-order valence-corrected chi connectivity index (χ0v) is 11.5. The van der Waals surface area contributed by atoms with Gasteiger partial charge in [-0.15, -0.1) is 0 Å². The minimum atomic E-state index is -0.391. The van der Waals surface area contributed by atoms with E-state index in [-0.39, 0.29) is 18.3 Å². The molecule has 0 N–H and O–H groups in total. The summed E-state index contributed by atoms with van der Waals surface area (Å²) >= 11 is 0. The SMILES string of the molecule is O=C(CC(=O)c1ccccc1)O[C@@H]1CN2CCC1CC2. The second-order valence-corrected chi connectivity index (χ2v) is 5.63. The van der Waals surface area contributed by atoms with E-state index < -0.39 is 5.97 Å². The molecule has 0 saturated carbocycles. The molecule has 3 heterocycles. The van der Waals surface area contributed by atoms with Gasteiger partial charge >= 0.3 is 5.97 Å². The number of esters is 1. The summed E-state index contributed by atoms with van der Waals surface area (Å²) in [4.78, 5) is 26.2. The van der Waals surface area contributed by atoms with Gasteiger partial charge < -0.3 is 4.74 Å². The molecule has 1 aromatic carbocycles. The maximum atomic E-state index is 11.9. The van der Waals surface area contributed by atoms with Gasteiger partial charge in [-0.05, 0) is 31.8 Å². The summed E-state index contributed by atoms with van der Waals surface area (Å²) in [5.41, 5.74) is 0.568. The fourth-order valence-electron chi connectivity index (χ4n) is 3.11. The number of hydrogen-bond donors (Lipinski definition) is 0. The highest BCUT2D eigenvalue weighted by Gasteiger charge is 2.36. The molecule has 2 bridgehead atoms. The molecule has 4 nitrogen and oxygen atoms in total. The predicted octanol–water partition coefficient (Wildman–Crippen LogP) is 1.90. The van der Waals surface area contributed by atoms with Crippen molar-refractivity contribution in [1.82, 2.24) is 4.90 Å². The van der Waals surface area contributed by atoms with Crippen molar-refractivity contribution in [3.8, 4) is 0 Å². The monoisotopic (exact) mass is 273 g/mol. The maximum absolute atomic E-state index is 11.9. The highest BCUT2D eigenvalue weighted by Crippen LogP contribution is 2.29. The molecule has 3 fully saturated rings. The number of ketones is 1. The number of piperidine rings is 3. The number of nitrogens with zero attached hydrogens (tertiary/aromatic N) is 1. The molecule has 1 atom stereocenters. The molecule has 0 aliphatic carbocycles. The lowest BCUT2D eigenvalue weighted by Crippen LogP contribution is -2.52. The molecule has 106 valence electrons. The molecule has 0 amide bonds. The average molecular weight is 273 g/mol. The largest absolute Gasteiger partial charge is 0.460 e. The number of fused-ring (bicyclic) bond motifs is 3. The van der Waals surface area contributed by atoms with Crippen molar-refractivity contribution in [3.05, 3.63) is 35.9 Å². The summed E-state index contributed by atoms with van der Waals surface area (Å²) in [5.74, 6) is -0.0785. The Labute approximate surface area is 118 Å². The van der Waals surface area contributed by atoms with Crippen molar-refractivity contribution in [2.24, 2.45) is 5.92 Å². The van der Waals surface area contributed by atoms with Gasteiger partial charge in [0, 0.05) is 12.1 Å². The van der Waals surface area contributed by atoms with Gasteiger partial charge in [-0.2, -0.15) is 0 Å². The van der Waals surface area contributed by atoms with Gasteiger partial charge in [0.25, 0.3) is 0 Å². The molecule has 3 aliphatic heterocycles. The molecule has 3 aliphatic rings. The molecule has 0 radical (unpaired) electrons. The first kappa shape index (κ1) is 13.3. The van der Waals surface area contributed by atoms with Crippen molar-refractivity contribution in [2.75, 3.05) is 19.6 Å². The number of hydrogen-bond acceptors (Lipinski definition) is 4. The standard InChI is InChI=1S/C16H19NO3/c18-14(12-4-2-1-3-5-12)10-16(19)20-15-11-17-8-6-13(15)7-9-17/h1-5,13,15H,6-11H2/t15-/m1/s1. The van der Waals surface area contributed by atoms with Crippen molar-refractivity contribution in [2.45, 2.75) is 25.4 Å². The second-order valence-electron chi connectivity index (χ2n) is 5.63. The normalized spacial score (nSPS) is 28.1. The molecule has 0 unspecified atom stereocenters. The van der Waals surface area contributed by atoms with Crippen LogP contribution in [0.3, 0.4) is 0 Å². The lowest BCUT2D eigenvalue weighted by Gasteiger charge is -2.43. The number of rotatable bonds is 4. The van der Waals surface area contributed by atoms with Crippen LogP contribution in [0.2, 0.25) is 0 Å². The summed E-state index contributed by atoms with van der Waals surface area (Å²) in [7, 11) is 0. The Bertz CT molecular complexity index is 492. The minimum absolute atomic E-state index is 0.0198. The highest BCUT2D eigenvalue weighted by atomic mass is 16.5. The third-order valence-corrected chi connectivity index (χ3v) is 4.28. The molecular formula is C16H19NO3. The van der Waals surface area contributed by atoms with E-state index in [1.807, 2.05) is 6.07 Å². The van der Waals surface area contributed by atoms with Crippen LogP contribution in [0.1, 0.15) is 29.6 Å². The summed E-state index contributed by atoms with van der Waals surface area (Å²) in [6.07, 6.45) is 2.02. The lowest BCUT2D eigenvalue weighted by atomic mass is 9.86. The summed E-state index contributed by atoms with van der Waals surface area (Å²) in [5, 5.41) is 0. The maximum Gasteiger partial charge on any atom is 0.314 e. The molecule has 3 saturated heterocycles. The summed E-state index contributed by atoms with van der Waals surface area (Å²) < 4.78 is 5.52. The van der Waals surface area contributed by atoms with Crippen LogP contribution in [0.15, 0.2) is 30.3 Å². The third kappa shape index (κ3) is 2.90. The summed E-state index contributed by atoms with van der Waals surface area (Å²) in [6, 6.07) is 8.90. The number of ether oxygens (including phenoxy) is 1. The van der Waals surface area contributed by atoms with Gasteiger partial charge in [-0.1, -0.05) is 30.3 Å². The molecule has 0 aromatic heterocycles. The van der Waals surface area contributed by atoms with Crippen LogP contribution in [0.5, 0.6) is 0 Å². The molecular weight excluding hydrogens is 254 g/mol. The zero-order chi connectivity index (χ0) is 13.9. The Kier molecular flexibility index (Phi) is 3.83. The fourth-order valence-corrected chi connectivity index (χ4v) is 3.11. The third-order valence-electron chi connectivity index (χ3n) is 4.28. The van der Waals surface area contributed by atoms with Crippen molar-refractivity contribution in [3.63, 3.8) is 0 Å². The van der Waals surface area contributed by atoms with E-state index in [1.165, 1.54) is 0 Å². The molecule has 4 rings (SSSR count). The van der Waals surface area contributed by atoms with Gasteiger partial charge in [0.15, 0.2) is 5.78 Å². The lowest BCUT2D eigenvalue weighted by molar-refractivity contribution is -0.157. The van der Waals surface area contributed by atoms with Crippen LogP contribution in [-0.2, 0) is 9.53 Å². The molecule has 20 heavy (non-hydrogen) atoms.